The van der Waals surface area contributed by atoms with E-state index in [2.05, 4.69) is 5.16 Å². The van der Waals surface area contributed by atoms with E-state index in [-0.39, 0.29) is 0 Å². The van der Waals surface area contributed by atoms with E-state index in [1.165, 1.54) is 0 Å². The molecule has 1 aromatic carbocycles. The van der Waals surface area contributed by atoms with Gasteiger partial charge in [-0.15, -0.1) is 0 Å². The Hall–Kier alpha value is -1.68. The summed E-state index contributed by atoms with van der Waals surface area (Å²) in [7, 11) is 0. The number of aromatic nitrogens is 1. The number of nitrogens with zero attached hydrogens (tertiary/aromatic N) is 1. The maximum atomic E-state index is 6.09. The van der Waals surface area contributed by atoms with Crippen LogP contribution in [-0.4, -0.2) is 11.8 Å². The van der Waals surface area contributed by atoms with Crippen LogP contribution in [0.5, 0.6) is 5.75 Å². The van der Waals surface area contributed by atoms with Crippen LogP contribution < -0.4 is 10.5 Å². The van der Waals surface area contributed by atoms with Crippen molar-refractivity contribution in [2.24, 2.45) is 0 Å². The van der Waals surface area contributed by atoms with Crippen LogP contribution >= 0.6 is 11.6 Å². The predicted octanol–water partition coefficient (Wildman–Crippen LogP) is 3.15. The summed E-state index contributed by atoms with van der Waals surface area (Å²) in [4.78, 5) is 0. The minimum absolute atomic E-state index is 0.322. The molecule has 0 aliphatic carbocycles. The Balaban J connectivity index is 1.94. The van der Waals surface area contributed by atoms with Gasteiger partial charge in [0.05, 0.1) is 12.3 Å². The van der Waals surface area contributed by atoms with Crippen molar-refractivity contribution in [2.75, 3.05) is 12.3 Å². The second kappa shape index (κ2) is 5.31. The second-order valence-corrected chi connectivity index (χ2v) is 4.57. The van der Waals surface area contributed by atoms with Crippen LogP contribution in [0.2, 0.25) is 5.02 Å². The first-order chi connectivity index (χ1) is 8.56. The summed E-state index contributed by atoms with van der Waals surface area (Å²) in [5, 5.41) is 4.58. The minimum Gasteiger partial charge on any atom is -0.493 e. The number of nitrogen functional groups attached to an aromatic ring is 1. The Bertz CT molecular complexity index is 529. The van der Waals surface area contributed by atoms with Crippen LogP contribution in [0, 0.1) is 13.8 Å². The van der Waals surface area contributed by atoms with Crippen LogP contribution in [0.4, 0.5) is 5.88 Å². The second-order valence-electron chi connectivity index (χ2n) is 4.19. The van der Waals surface area contributed by atoms with E-state index in [0.29, 0.717) is 18.9 Å². The quantitative estimate of drug-likeness (QED) is 0.923. The molecule has 18 heavy (non-hydrogen) atoms. The van der Waals surface area contributed by atoms with Gasteiger partial charge in [-0.25, -0.2) is 0 Å². The molecule has 2 N–H and O–H groups in total. The molecule has 0 radical (unpaired) electrons. The lowest BCUT2D eigenvalue weighted by Crippen LogP contribution is -2.02. The number of benzene rings is 1. The van der Waals surface area contributed by atoms with Crippen molar-refractivity contribution in [3.8, 4) is 5.75 Å². The summed E-state index contributed by atoms with van der Waals surface area (Å²) in [6.45, 7) is 4.44. The number of hydrogen-bond acceptors (Lipinski definition) is 4. The highest BCUT2D eigenvalue weighted by atomic mass is 35.5. The summed E-state index contributed by atoms with van der Waals surface area (Å²) < 4.78 is 10.4. The third-order valence-corrected chi connectivity index (χ3v) is 3.21. The van der Waals surface area contributed by atoms with Crippen LogP contribution in [0.3, 0.4) is 0 Å². The average molecular weight is 267 g/mol. The molecule has 2 rings (SSSR count). The summed E-state index contributed by atoms with van der Waals surface area (Å²) in [6.07, 6.45) is 0.654. The topological polar surface area (TPSA) is 61.3 Å². The van der Waals surface area contributed by atoms with Gasteiger partial charge in [-0.3, -0.25) is 0 Å². The standard InChI is InChI=1S/C13H15ClN2O2/c1-8-5-11(6-9(2)13(8)14)17-4-3-10-7-12(15)18-16-10/h5-7H,3-4,15H2,1-2H3. The van der Waals surface area contributed by atoms with Crippen molar-refractivity contribution in [3.05, 3.63) is 40.0 Å². The zero-order chi connectivity index (χ0) is 13.1. The highest BCUT2D eigenvalue weighted by Gasteiger charge is 2.05. The van der Waals surface area contributed by atoms with E-state index in [4.69, 9.17) is 26.6 Å². The maximum absolute atomic E-state index is 6.09. The maximum Gasteiger partial charge on any atom is 0.222 e. The summed E-state index contributed by atoms with van der Waals surface area (Å²) in [5.74, 6) is 1.13. The fourth-order valence-corrected chi connectivity index (χ4v) is 1.82. The Morgan fingerprint density at radius 2 is 1.94 bits per heavy atom. The first-order valence-corrected chi connectivity index (χ1v) is 6.04. The van der Waals surface area contributed by atoms with Crippen LogP contribution in [0.25, 0.3) is 0 Å². The molecule has 0 aliphatic rings. The fourth-order valence-electron chi connectivity index (χ4n) is 1.71. The number of halogens is 1. The van der Waals surface area contributed by atoms with Crippen molar-refractivity contribution in [2.45, 2.75) is 20.3 Å². The fraction of sp³-hybridized carbons (Fsp3) is 0.308. The number of nitrogens with two attached hydrogens (primary N) is 1. The molecule has 0 aliphatic heterocycles. The molecule has 0 spiro atoms. The van der Waals surface area contributed by atoms with Crippen LogP contribution in [-0.2, 0) is 6.42 Å². The Kier molecular flexibility index (Phi) is 3.77. The van der Waals surface area contributed by atoms with Gasteiger partial charge in [0.25, 0.3) is 0 Å². The Morgan fingerprint density at radius 1 is 1.28 bits per heavy atom. The molecule has 0 bridgehead atoms. The first-order valence-electron chi connectivity index (χ1n) is 5.67. The normalized spacial score (nSPS) is 10.6. The van der Waals surface area contributed by atoms with Gasteiger partial charge in [0, 0.05) is 17.5 Å². The Labute approximate surface area is 111 Å². The molecule has 96 valence electrons. The van der Waals surface area contributed by atoms with Crippen LogP contribution in [0.1, 0.15) is 16.8 Å². The SMILES string of the molecule is Cc1cc(OCCc2cc(N)on2)cc(C)c1Cl. The predicted molar refractivity (Wildman–Crippen MR) is 71.0 cm³/mol. The van der Waals surface area contributed by atoms with Gasteiger partial charge in [-0.1, -0.05) is 16.8 Å². The van der Waals surface area contributed by atoms with Gasteiger partial charge in [0.1, 0.15) is 5.75 Å². The number of hydrogen-bond donors (Lipinski definition) is 1. The molecule has 0 amide bonds. The highest BCUT2D eigenvalue weighted by molar-refractivity contribution is 6.32. The van der Waals surface area contributed by atoms with Gasteiger partial charge in [-0.2, -0.15) is 0 Å². The number of aryl methyl sites for hydroxylation is 2. The highest BCUT2D eigenvalue weighted by Crippen LogP contribution is 2.25. The molecule has 2 aromatic rings. The molecule has 0 saturated carbocycles. The number of anilines is 1. The van der Waals surface area contributed by atoms with E-state index in [9.17, 15) is 0 Å². The molecular weight excluding hydrogens is 252 g/mol. The smallest absolute Gasteiger partial charge is 0.222 e. The molecule has 1 heterocycles. The van der Waals surface area contributed by atoms with E-state index in [1.54, 1.807) is 6.07 Å². The van der Waals surface area contributed by atoms with E-state index >= 15 is 0 Å². The zero-order valence-corrected chi connectivity index (χ0v) is 11.1. The van der Waals surface area contributed by atoms with Gasteiger partial charge in [0.15, 0.2) is 0 Å². The average Bonchev–Trinajstić information content (AvgIpc) is 2.72. The van der Waals surface area contributed by atoms with E-state index in [1.807, 2.05) is 26.0 Å². The van der Waals surface area contributed by atoms with Crippen molar-refractivity contribution in [3.63, 3.8) is 0 Å². The zero-order valence-electron chi connectivity index (χ0n) is 10.4. The molecule has 0 fully saturated rings. The molecule has 5 heteroatoms. The van der Waals surface area contributed by atoms with Crippen molar-refractivity contribution >= 4 is 17.5 Å². The summed E-state index contributed by atoms with van der Waals surface area (Å²) in [5.41, 5.74) is 8.24. The van der Waals surface area contributed by atoms with Crippen LogP contribution in [0.15, 0.2) is 22.7 Å². The minimum atomic E-state index is 0.322. The van der Waals surface area contributed by atoms with E-state index < -0.39 is 0 Å². The monoisotopic (exact) mass is 266 g/mol. The molecule has 0 unspecified atom stereocenters. The Morgan fingerprint density at radius 3 is 2.50 bits per heavy atom. The van der Waals surface area contributed by atoms with Crippen molar-refractivity contribution in [1.82, 2.24) is 5.16 Å². The lowest BCUT2D eigenvalue weighted by molar-refractivity contribution is 0.316. The third kappa shape index (κ3) is 2.96. The largest absolute Gasteiger partial charge is 0.493 e. The number of ether oxygens (including phenoxy) is 1. The van der Waals surface area contributed by atoms with Gasteiger partial charge >= 0.3 is 0 Å². The lowest BCUT2D eigenvalue weighted by atomic mass is 10.1. The third-order valence-electron chi connectivity index (χ3n) is 2.61. The molecule has 1 aromatic heterocycles. The van der Waals surface area contributed by atoms with Crippen molar-refractivity contribution in [1.29, 1.82) is 0 Å². The summed E-state index contributed by atoms with van der Waals surface area (Å²) >= 11 is 6.09. The molecule has 0 atom stereocenters. The number of rotatable bonds is 4. The van der Waals surface area contributed by atoms with Gasteiger partial charge < -0.3 is 15.0 Å². The molecule has 0 saturated heterocycles. The lowest BCUT2D eigenvalue weighted by Gasteiger charge is -2.09. The molecular formula is C13H15ClN2O2. The van der Waals surface area contributed by atoms with Gasteiger partial charge in [-0.05, 0) is 37.1 Å². The summed E-state index contributed by atoms with van der Waals surface area (Å²) in [6, 6.07) is 5.54. The molecule has 4 nitrogen and oxygen atoms in total. The van der Waals surface area contributed by atoms with Crippen molar-refractivity contribution < 1.29 is 9.26 Å². The van der Waals surface area contributed by atoms with E-state index in [0.717, 1.165) is 27.6 Å². The first kappa shape index (κ1) is 12.8. The van der Waals surface area contributed by atoms with Gasteiger partial charge in [0.2, 0.25) is 5.88 Å².